The normalized spacial score (nSPS) is 14.3. The predicted octanol–water partition coefficient (Wildman–Crippen LogP) is 4.00. The van der Waals surface area contributed by atoms with Crippen molar-refractivity contribution in [1.82, 2.24) is 0 Å². The van der Waals surface area contributed by atoms with E-state index in [0.29, 0.717) is 2.84 Å². The Morgan fingerprint density at radius 1 is 1.08 bits per heavy atom. The molecule has 0 saturated heterocycles. The summed E-state index contributed by atoms with van der Waals surface area (Å²) in [6.07, 6.45) is 0. The fraction of sp³-hybridized carbons (Fsp3) is 0.400. The number of alkyl halides is 1. The summed E-state index contributed by atoms with van der Waals surface area (Å²) in [5, 5.41) is 0. The minimum atomic E-state index is -1.78. The van der Waals surface area contributed by atoms with E-state index in [0.717, 1.165) is 0 Å². The standard InChI is InChI=1S/C7H6Br.3CH3.Sn/c8-6-7-4-2-1-3-5-7;;;;/h1-6H;3*1H3;. The maximum atomic E-state index is 3.80. The topological polar surface area (TPSA) is 0 Å². The summed E-state index contributed by atoms with van der Waals surface area (Å²) in [5.74, 6) is 0. The van der Waals surface area contributed by atoms with Crippen LogP contribution in [0.5, 0.6) is 0 Å². The van der Waals surface area contributed by atoms with Gasteiger partial charge in [-0.15, -0.1) is 0 Å². The van der Waals surface area contributed by atoms with Crippen molar-refractivity contribution in [2.24, 2.45) is 0 Å². The molecule has 2 heteroatoms. The van der Waals surface area contributed by atoms with E-state index >= 15 is 0 Å². The number of benzene rings is 1. The fourth-order valence-electron chi connectivity index (χ4n) is 1.12. The molecule has 1 atom stereocenters. The first-order chi connectivity index (χ1) is 5.52. The SMILES string of the molecule is [CH3][Sn]([CH3])([CH3])[CH](Br)c1ccccc1. The first-order valence-corrected chi connectivity index (χ1v) is 15.3. The van der Waals surface area contributed by atoms with Crippen LogP contribution in [-0.2, 0) is 0 Å². The molecule has 12 heavy (non-hydrogen) atoms. The molecule has 1 unspecified atom stereocenters. The van der Waals surface area contributed by atoms with Gasteiger partial charge in [0, 0.05) is 0 Å². The summed E-state index contributed by atoms with van der Waals surface area (Å²) in [6.45, 7) is 0. The summed E-state index contributed by atoms with van der Waals surface area (Å²) in [6, 6.07) is 10.7. The quantitative estimate of drug-likeness (QED) is 0.567. The molecule has 0 aliphatic rings. The molecule has 0 nitrogen and oxygen atoms in total. The zero-order chi connectivity index (χ0) is 9.19. The third-order valence-corrected chi connectivity index (χ3v) is 16.9. The Morgan fingerprint density at radius 3 is 2.00 bits per heavy atom. The van der Waals surface area contributed by atoms with Crippen LogP contribution in [0.3, 0.4) is 0 Å². The summed E-state index contributed by atoms with van der Waals surface area (Å²) in [5.41, 5.74) is 1.45. The van der Waals surface area contributed by atoms with Crippen LogP contribution in [0, 0.1) is 0 Å². The zero-order valence-electron chi connectivity index (χ0n) is 7.84. The molecule has 1 rings (SSSR count). The van der Waals surface area contributed by atoms with Crippen LogP contribution in [0.1, 0.15) is 8.41 Å². The fourth-order valence-corrected chi connectivity index (χ4v) is 4.83. The molecule has 0 aliphatic heterocycles. The van der Waals surface area contributed by atoms with Gasteiger partial charge < -0.3 is 0 Å². The van der Waals surface area contributed by atoms with Gasteiger partial charge >= 0.3 is 87.9 Å². The predicted molar refractivity (Wildman–Crippen MR) is 61.5 cm³/mol. The second kappa shape index (κ2) is 4.14. The van der Waals surface area contributed by atoms with E-state index in [1.54, 1.807) is 0 Å². The summed E-state index contributed by atoms with van der Waals surface area (Å²) in [4.78, 5) is 7.34. The van der Waals surface area contributed by atoms with Gasteiger partial charge in [0.2, 0.25) is 0 Å². The van der Waals surface area contributed by atoms with E-state index < -0.39 is 18.4 Å². The van der Waals surface area contributed by atoms with E-state index in [2.05, 4.69) is 61.1 Å². The van der Waals surface area contributed by atoms with Crippen molar-refractivity contribution < 1.29 is 0 Å². The first kappa shape index (κ1) is 10.6. The molecule has 66 valence electrons. The third-order valence-electron chi connectivity index (χ3n) is 1.85. The summed E-state index contributed by atoms with van der Waals surface area (Å²) in [7, 11) is 0. The Hall–Kier alpha value is 0.499. The van der Waals surface area contributed by atoms with Crippen molar-refractivity contribution in [2.45, 2.75) is 17.7 Å². The van der Waals surface area contributed by atoms with Crippen LogP contribution in [0.4, 0.5) is 0 Å². The number of halogens is 1. The van der Waals surface area contributed by atoms with E-state index in [-0.39, 0.29) is 0 Å². The monoisotopic (exact) mass is 334 g/mol. The molecule has 1 aromatic carbocycles. The van der Waals surface area contributed by atoms with Gasteiger partial charge in [-0.2, -0.15) is 0 Å². The van der Waals surface area contributed by atoms with E-state index in [4.69, 9.17) is 0 Å². The molecule has 0 saturated carbocycles. The molecule has 0 spiro atoms. The van der Waals surface area contributed by atoms with E-state index in [9.17, 15) is 0 Å². The zero-order valence-corrected chi connectivity index (χ0v) is 12.3. The average Bonchev–Trinajstić information content (AvgIpc) is 2.03. The van der Waals surface area contributed by atoms with Crippen molar-refractivity contribution in [3.8, 4) is 0 Å². The minimum absolute atomic E-state index is 0.646. The molecule has 0 N–H and O–H groups in total. The molecular formula is C10H15BrSn. The van der Waals surface area contributed by atoms with Crippen molar-refractivity contribution in [3.05, 3.63) is 35.9 Å². The third kappa shape index (κ3) is 2.77. The van der Waals surface area contributed by atoms with Gasteiger partial charge in [-0.25, -0.2) is 0 Å². The maximum absolute atomic E-state index is 3.80. The Kier molecular flexibility index (Phi) is 3.65. The van der Waals surface area contributed by atoms with E-state index in [1.165, 1.54) is 5.56 Å². The Morgan fingerprint density at radius 2 is 1.58 bits per heavy atom. The molecular weight excluding hydrogens is 319 g/mol. The van der Waals surface area contributed by atoms with Gasteiger partial charge in [0.15, 0.2) is 0 Å². The molecule has 0 radical (unpaired) electrons. The van der Waals surface area contributed by atoms with Gasteiger partial charge in [0.05, 0.1) is 0 Å². The number of rotatable bonds is 2. The molecule has 1 aromatic rings. The Bertz CT molecular complexity index is 238. The average molecular weight is 334 g/mol. The van der Waals surface area contributed by atoms with Crippen molar-refractivity contribution >= 4 is 34.3 Å². The summed E-state index contributed by atoms with van der Waals surface area (Å²) >= 11 is 2.02. The molecule has 0 fully saturated rings. The molecule has 0 aromatic heterocycles. The molecule has 0 heterocycles. The van der Waals surface area contributed by atoms with Gasteiger partial charge in [-0.1, -0.05) is 0 Å². The van der Waals surface area contributed by atoms with Crippen LogP contribution in [-0.4, -0.2) is 18.4 Å². The molecule has 0 bridgehead atoms. The Labute approximate surface area is 87.4 Å². The van der Waals surface area contributed by atoms with Crippen LogP contribution >= 0.6 is 15.9 Å². The number of hydrogen-bond acceptors (Lipinski definition) is 0. The van der Waals surface area contributed by atoms with Crippen LogP contribution in [0.2, 0.25) is 14.8 Å². The molecule has 0 amide bonds. The second-order valence-electron chi connectivity index (χ2n) is 4.14. The van der Waals surface area contributed by atoms with Gasteiger partial charge in [0.1, 0.15) is 0 Å². The van der Waals surface area contributed by atoms with Crippen LogP contribution in [0.15, 0.2) is 30.3 Å². The van der Waals surface area contributed by atoms with Crippen LogP contribution in [0.25, 0.3) is 0 Å². The first-order valence-electron chi connectivity index (χ1n) is 4.21. The second-order valence-corrected chi connectivity index (χ2v) is 22.6. The van der Waals surface area contributed by atoms with E-state index in [1.807, 2.05) is 0 Å². The van der Waals surface area contributed by atoms with Crippen LogP contribution < -0.4 is 0 Å². The Balaban J connectivity index is 2.86. The van der Waals surface area contributed by atoms with Crippen molar-refractivity contribution in [1.29, 1.82) is 0 Å². The van der Waals surface area contributed by atoms with Gasteiger partial charge in [-0.05, 0) is 0 Å². The van der Waals surface area contributed by atoms with Crippen molar-refractivity contribution in [3.63, 3.8) is 0 Å². The number of hydrogen-bond donors (Lipinski definition) is 0. The van der Waals surface area contributed by atoms with Gasteiger partial charge in [0.25, 0.3) is 0 Å². The van der Waals surface area contributed by atoms with Gasteiger partial charge in [-0.3, -0.25) is 0 Å². The summed E-state index contributed by atoms with van der Waals surface area (Å²) < 4.78 is 0.646. The molecule has 0 aliphatic carbocycles. The van der Waals surface area contributed by atoms with Crippen molar-refractivity contribution in [2.75, 3.05) is 0 Å².